The Morgan fingerprint density at radius 1 is 1.46 bits per heavy atom. The van der Waals surface area contributed by atoms with Gasteiger partial charge in [-0.3, -0.25) is 4.79 Å². The molecule has 0 bridgehead atoms. The van der Waals surface area contributed by atoms with E-state index in [0.717, 1.165) is 47.6 Å². The molecular weight excluding hydrogens is 322 g/mol. The minimum absolute atomic E-state index is 0.00776. The van der Waals surface area contributed by atoms with Gasteiger partial charge in [0.1, 0.15) is 11.9 Å². The lowest BCUT2D eigenvalue weighted by atomic mass is 10.0. The quantitative estimate of drug-likeness (QED) is 0.747. The number of thiophene rings is 1. The molecule has 1 aliphatic heterocycles. The molecule has 4 rings (SSSR count). The highest BCUT2D eigenvalue weighted by Crippen LogP contribution is 2.29. The maximum absolute atomic E-state index is 12.4. The Balaban J connectivity index is 1.53. The number of H-pyrrole nitrogens is 1. The van der Waals surface area contributed by atoms with E-state index in [0.29, 0.717) is 0 Å². The lowest BCUT2D eigenvalue weighted by Crippen LogP contribution is -2.18. The van der Waals surface area contributed by atoms with Crippen molar-refractivity contribution in [2.75, 3.05) is 11.9 Å². The first-order valence-electron chi connectivity index (χ1n) is 8.15. The van der Waals surface area contributed by atoms with Gasteiger partial charge in [0.15, 0.2) is 0 Å². The van der Waals surface area contributed by atoms with Crippen LogP contribution in [0.3, 0.4) is 0 Å². The van der Waals surface area contributed by atoms with Crippen molar-refractivity contribution in [3.8, 4) is 0 Å². The topological polar surface area (TPSA) is 67.0 Å². The number of nitrogens with zero attached hydrogens (tertiary/aromatic N) is 1. The number of hydrogen-bond acceptors (Lipinski definition) is 4. The molecule has 1 amide bonds. The maximum Gasteiger partial charge on any atom is 0.231 e. The van der Waals surface area contributed by atoms with E-state index in [-0.39, 0.29) is 17.9 Å². The summed E-state index contributed by atoms with van der Waals surface area (Å²) in [5, 5.41) is 6.99. The molecule has 0 saturated carbocycles. The highest BCUT2D eigenvalue weighted by molar-refractivity contribution is 7.08. The number of ether oxygens (including phenoxy) is 1. The predicted molar refractivity (Wildman–Crippen MR) is 95.4 cm³/mol. The van der Waals surface area contributed by atoms with E-state index in [2.05, 4.69) is 15.3 Å². The van der Waals surface area contributed by atoms with Gasteiger partial charge in [-0.2, -0.15) is 11.3 Å². The smallest absolute Gasteiger partial charge is 0.231 e. The summed E-state index contributed by atoms with van der Waals surface area (Å²) >= 11 is 1.60. The van der Waals surface area contributed by atoms with E-state index in [1.54, 1.807) is 11.3 Å². The predicted octanol–water partition coefficient (Wildman–Crippen LogP) is 4.22. The van der Waals surface area contributed by atoms with Crippen LogP contribution in [0.2, 0.25) is 0 Å². The monoisotopic (exact) mass is 341 g/mol. The molecule has 3 aromatic rings. The van der Waals surface area contributed by atoms with Gasteiger partial charge in [0.25, 0.3) is 0 Å². The van der Waals surface area contributed by atoms with Crippen molar-refractivity contribution < 1.29 is 9.53 Å². The lowest BCUT2D eigenvalue weighted by Gasteiger charge is -2.10. The summed E-state index contributed by atoms with van der Waals surface area (Å²) in [4.78, 5) is 20.3. The Morgan fingerprint density at radius 3 is 3.12 bits per heavy atom. The first kappa shape index (κ1) is 15.4. The van der Waals surface area contributed by atoms with Crippen LogP contribution < -0.4 is 5.32 Å². The summed E-state index contributed by atoms with van der Waals surface area (Å²) < 4.78 is 5.67. The summed E-state index contributed by atoms with van der Waals surface area (Å²) in [7, 11) is 0. The Hall–Kier alpha value is -2.18. The van der Waals surface area contributed by atoms with Crippen molar-refractivity contribution >= 4 is 34.0 Å². The van der Waals surface area contributed by atoms with Crippen molar-refractivity contribution in [2.24, 2.45) is 0 Å². The Labute approximate surface area is 144 Å². The summed E-state index contributed by atoms with van der Waals surface area (Å²) in [6.45, 7) is 2.71. The molecule has 0 aliphatic carbocycles. The molecule has 1 aromatic carbocycles. The second kappa shape index (κ2) is 6.37. The standard InChI is InChI=1S/C18H19N3O2S/c1-11(12-6-8-24-10-12)18(22)19-13-4-5-14-15(9-13)21-17(20-14)16-3-2-7-23-16/h4-6,8-11,16H,2-3,7H2,1H3,(H,19,22)(H,20,21)/t11-,16-/m0/s1. The number of imidazole rings is 1. The number of nitrogens with one attached hydrogen (secondary N) is 2. The maximum atomic E-state index is 12.4. The first-order chi connectivity index (χ1) is 11.7. The third kappa shape index (κ3) is 2.95. The fourth-order valence-electron chi connectivity index (χ4n) is 2.98. The highest BCUT2D eigenvalue weighted by Gasteiger charge is 2.21. The molecule has 2 atom stereocenters. The number of fused-ring (bicyclic) bond motifs is 1. The van der Waals surface area contributed by atoms with Gasteiger partial charge in [-0.1, -0.05) is 0 Å². The zero-order valence-electron chi connectivity index (χ0n) is 13.4. The van der Waals surface area contributed by atoms with Crippen LogP contribution in [-0.4, -0.2) is 22.5 Å². The van der Waals surface area contributed by atoms with E-state index in [1.165, 1.54) is 0 Å². The normalized spacial score (nSPS) is 18.8. The molecule has 1 fully saturated rings. The number of anilines is 1. The summed E-state index contributed by atoms with van der Waals surface area (Å²) in [5.74, 6) is 0.695. The molecule has 5 nitrogen and oxygen atoms in total. The van der Waals surface area contributed by atoms with Gasteiger partial charge in [-0.05, 0) is 60.4 Å². The molecule has 0 radical (unpaired) electrons. The minimum atomic E-state index is -0.170. The second-order valence-electron chi connectivity index (χ2n) is 6.12. The number of aromatic amines is 1. The zero-order chi connectivity index (χ0) is 16.5. The Kier molecular flexibility index (Phi) is 4.08. The Morgan fingerprint density at radius 2 is 2.38 bits per heavy atom. The number of aromatic nitrogens is 2. The SMILES string of the molecule is C[C@H](C(=O)Nc1ccc2nc([C@@H]3CCCO3)[nH]c2c1)c1ccsc1. The number of carbonyl (C=O) groups excluding carboxylic acids is 1. The molecule has 0 spiro atoms. The molecule has 3 heterocycles. The number of hydrogen-bond donors (Lipinski definition) is 2. The highest BCUT2D eigenvalue weighted by atomic mass is 32.1. The largest absolute Gasteiger partial charge is 0.370 e. The van der Waals surface area contributed by atoms with Crippen LogP contribution >= 0.6 is 11.3 Å². The molecule has 1 saturated heterocycles. The van der Waals surface area contributed by atoms with Crippen LogP contribution in [0.15, 0.2) is 35.0 Å². The van der Waals surface area contributed by atoms with E-state index >= 15 is 0 Å². The van der Waals surface area contributed by atoms with E-state index in [9.17, 15) is 4.79 Å². The zero-order valence-corrected chi connectivity index (χ0v) is 14.2. The molecule has 24 heavy (non-hydrogen) atoms. The summed E-state index contributed by atoms with van der Waals surface area (Å²) in [6.07, 6.45) is 2.14. The van der Waals surface area contributed by atoms with Crippen molar-refractivity contribution in [3.05, 3.63) is 46.4 Å². The van der Waals surface area contributed by atoms with Gasteiger partial charge >= 0.3 is 0 Å². The van der Waals surface area contributed by atoms with Crippen LogP contribution in [0.5, 0.6) is 0 Å². The van der Waals surface area contributed by atoms with Crippen molar-refractivity contribution in [2.45, 2.75) is 31.8 Å². The molecule has 2 N–H and O–H groups in total. The molecule has 6 heteroatoms. The first-order valence-corrected chi connectivity index (χ1v) is 9.09. The number of benzene rings is 1. The third-order valence-electron chi connectivity index (χ3n) is 4.44. The average molecular weight is 341 g/mol. The van der Waals surface area contributed by atoms with Crippen LogP contribution in [0, 0.1) is 0 Å². The summed E-state index contributed by atoms with van der Waals surface area (Å²) in [5.41, 5.74) is 3.63. The second-order valence-corrected chi connectivity index (χ2v) is 6.90. The van der Waals surface area contributed by atoms with E-state index in [4.69, 9.17) is 4.74 Å². The van der Waals surface area contributed by atoms with E-state index in [1.807, 2.05) is 41.9 Å². The average Bonchev–Trinajstić information content (AvgIpc) is 3.32. The number of carbonyl (C=O) groups is 1. The van der Waals surface area contributed by atoms with Gasteiger partial charge < -0.3 is 15.0 Å². The van der Waals surface area contributed by atoms with Gasteiger partial charge in [-0.25, -0.2) is 4.98 Å². The van der Waals surface area contributed by atoms with Gasteiger partial charge in [-0.15, -0.1) is 0 Å². The fraction of sp³-hybridized carbons (Fsp3) is 0.333. The summed E-state index contributed by atoms with van der Waals surface area (Å²) in [6, 6.07) is 7.73. The van der Waals surface area contributed by atoms with Crippen LogP contribution in [0.25, 0.3) is 11.0 Å². The van der Waals surface area contributed by atoms with Gasteiger partial charge in [0, 0.05) is 12.3 Å². The van der Waals surface area contributed by atoms with Crippen molar-refractivity contribution in [1.82, 2.24) is 9.97 Å². The van der Waals surface area contributed by atoms with E-state index < -0.39 is 0 Å². The fourth-order valence-corrected chi connectivity index (χ4v) is 3.73. The molecule has 2 aromatic heterocycles. The molecule has 124 valence electrons. The number of amides is 1. The molecular formula is C18H19N3O2S. The third-order valence-corrected chi connectivity index (χ3v) is 5.14. The van der Waals surface area contributed by atoms with Crippen LogP contribution in [0.1, 0.15) is 43.2 Å². The van der Waals surface area contributed by atoms with Gasteiger partial charge in [0.05, 0.1) is 17.0 Å². The minimum Gasteiger partial charge on any atom is -0.370 e. The van der Waals surface area contributed by atoms with Crippen molar-refractivity contribution in [1.29, 1.82) is 0 Å². The lowest BCUT2D eigenvalue weighted by molar-refractivity contribution is -0.117. The van der Waals surface area contributed by atoms with Crippen LogP contribution in [0.4, 0.5) is 5.69 Å². The molecule has 1 aliphatic rings. The van der Waals surface area contributed by atoms with Crippen molar-refractivity contribution in [3.63, 3.8) is 0 Å². The molecule has 0 unspecified atom stereocenters. The van der Waals surface area contributed by atoms with Crippen LogP contribution in [-0.2, 0) is 9.53 Å². The number of rotatable bonds is 4. The van der Waals surface area contributed by atoms with Gasteiger partial charge in [0.2, 0.25) is 5.91 Å². The Bertz CT molecular complexity index is 850.